The Kier molecular flexibility index (Phi) is 5.92. The van der Waals surface area contributed by atoms with E-state index < -0.39 is 0 Å². The third-order valence-electron chi connectivity index (χ3n) is 3.02. The normalized spacial score (nSPS) is 11.8. The Hall–Kier alpha value is -1.29. The van der Waals surface area contributed by atoms with Gasteiger partial charge in [0.2, 0.25) is 0 Å². The summed E-state index contributed by atoms with van der Waals surface area (Å²) in [4.78, 5) is 2.09. The summed E-state index contributed by atoms with van der Waals surface area (Å²) in [7, 11) is 3.72. The lowest BCUT2D eigenvalue weighted by atomic mass is 10.1. The van der Waals surface area contributed by atoms with E-state index in [2.05, 4.69) is 23.2 Å². The Morgan fingerprint density at radius 2 is 2.11 bits per heavy atom. The summed E-state index contributed by atoms with van der Waals surface area (Å²) < 4.78 is 5.37. The third kappa shape index (κ3) is 3.88. The Balaban J connectivity index is 2.69. The molecule has 0 heterocycles. The lowest BCUT2D eigenvalue weighted by molar-refractivity contribution is 0.369. The van der Waals surface area contributed by atoms with E-state index in [4.69, 9.17) is 17.0 Å². The zero-order valence-electron chi connectivity index (χ0n) is 11.6. The van der Waals surface area contributed by atoms with Crippen LogP contribution in [0, 0.1) is 0 Å². The van der Waals surface area contributed by atoms with E-state index in [1.54, 1.807) is 7.11 Å². The van der Waals surface area contributed by atoms with Crippen LogP contribution < -0.4 is 10.1 Å². The lowest BCUT2D eigenvalue weighted by Crippen LogP contribution is -2.42. The monoisotopic (exact) mass is 266 g/mol. The summed E-state index contributed by atoms with van der Waals surface area (Å²) in [6, 6.07) is 8.44. The van der Waals surface area contributed by atoms with Crippen molar-refractivity contribution >= 4 is 17.3 Å². The molecule has 0 saturated carbocycles. The molecule has 1 aromatic carbocycles. The van der Waals surface area contributed by atoms with Gasteiger partial charge in [-0.1, -0.05) is 18.2 Å². The second kappa shape index (κ2) is 7.21. The average Bonchev–Trinajstić information content (AvgIpc) is 2.38. The quantitative estimate of drug-likeness (QED) is 0.827. The van der Waals surface area contributed by atoms with Crippen LogP contribution in [0.25, 0.3) is 0 Å². The third-order valence-corrected chi connectivity index (χ3v) is 3.45. The van der Waals surface area contributed by atoms with E-state index in [0.717, 1.165) is 23.8 Å². The first kappa shape index (κ1) is 14.8. The van der Waals surface area contributed by atoms with Crippen LogP contribution in [0.15, 0.2) is 24.3 Å². The largest absolute Gasteiger partial charge is 0.496 e. The molecule has 1 aromatic rings. The Bertz CT molecular complexity index is 395. The van der Waals surface area contributed by atoms with Gasteiger partial charge in [-0.15, -0.1) is 0 Å². The fourth-order valence-electron chi connectivity index (χ4n) is 1.80. The van der Waals surface area contributed by atoms with Crippen molar-refractivity contribution in [2.45, 2.75) is 26.3 Å². The first-order chi connectivity index (χ1) is 8.60. The Morgan fingerprint density at radius 1 is 1.44 bits per heavy atom. The van der Waals surface area contributed by atoms with Gasteiger partial charge in [-0.05, 0) is 44.1 Å². The number of benzene rings is 1. The Morgan fingerprint density at radius 3 is 2.72 bits per heavy atom. The molecule has 0 aliphatic carbocycles. The molecule has 0 spiro atoms. The first-order valence-electron chi connectivity index (χ1n) is 6.22. The molecule has 0 aliphatic heterocycles. The molecular formula is C14H22N2OS. The van der Waals surface area contributed by atoms with E-state index in [9.17, 15) is 0 Å². The number of thiocarbonyl (C=S) groups is 1. The Labute approximate surface area is 115 Å². The van der Waals surface area contributed by atoms with Gasteiger partial charge < -0.3 is 15.0 Å². The minimum atomic E-state index is 0.327. The van der Waals surface area contributed by atoms with Crippen LogP contribution in [0.2, 0.25) is 0 Å². The van der Waals surface area contributed by atoms with Crippen LogP contribution in [-0.4, -0.2) is 36.8 Å². The summed E-state index contributed by atoms with van der Waals surface area (Å²) in [5, 5.41) is 3.96. The van der Waals surface area contributed by atoms with E-state index in [1.165, 1.54) is 5.56 Å². The smallest absolute Gasteiger partial charge is 0.168 e. The molecule has 0 aromatic heterocycles. The number of hydrogen-bond acceptors (Lipinski definition) is 2. The van der Waals surface area contributed by atoms with Gasteiger partial charge in [-0.2, -0.15) is 0 Å². The first-order valence-corrected chi connectivity index (χ1v) is 6.63. The van der Waals surface area contributed by atoms with Crippen molar-refractivity contribution < 1.29 is 4.74 Å². The molecule has 1 unspecified atom stereocenters. The number of likely N-dealkylation sites (N-methyl/N-ethyl adjacent to an activating group) is 1. The van der Waals surface area contributed by atoms with Gasteiger partial charge in [0.25, 0.3) is 0 Å². The second-order valence-corrected chi connectivity index (χ2v) is 4.70. The predicted octanol–water partition coefficient (Wildman–Crippen LogP) is 2.45. The van der Waals surface area contributed by atoms with Gasteiger partial charge >= 0.3 is 0 Å². The molecule has 0 amide bonds. The summed E-state index contributed by atoms with van der Waals surface area (Å²) in [6.45, 7) is 5.06. The van der Waals surface area contributed by atoms with E-state index >= 15 is 0 Å². The van der Waals surface area contributed by atoms with Crippen molar-refractivity contribution in [1.82, 2.24) is 10.2 Å². The molecule has 18 heavy (non-hydrogen) atoms. The molecule has 100 valence electrons. The van der Waals surface area contributed by atoms with Gasteiger partial charge in [-0.25, -0.2) is 0 Å². The van der Waals surface area contributed by atoms with Crippen LogP contribution in [0.5, 0.6) is 5.75 Å². The van der Waals surface area contributed by atoms with Gasteiger partial charge in [0.05, 0.1) is 7.11 Å². The van der Waals surface area contributed by atoms with Crippen LogP contribution in [0.1, 0.15) is 19.4 Å². The number of ether oxygens (including phenoxy) is 1. The topological polar surface area (TPSA) is 24.5 Å². The van der Waals surface area contributed by atoms with Crippen molar-refractivity contribution in [2.75, 3.05) is 20.7 Å². The van der Waals surface area contributed by atoms with Gasteiger partial charge in [0.1, 0.15) is 5.75 Å². The lowest BCUT2D eigenvalue weighted by Gasteiger charge is -2.28. The van der Waals surface area contributed by atoms with Crippen molar-refractivity contribution in [1.29, 1.82) is 0 Å². The van der Waals surface area contributed by atoms with Gasteiger partial charge in [0.15, 0.2) is 5.11 Å². The number of para-hydroxylation sites is 1. The zero-order valence-corrected chi connectivity index (χ0v) is 12.4. The van der Waals surface area contributed by atoms with E-state index in [0.29, 0.717) is 6.04 Å². The molecule has 0 saturated heterocycles. The van der Waals surface area contributed by atoms with Crippen molar-refractivity contribution in [3.8, 4) is 5.75 Å². The highest BCUT2D eigenvalue weighted by Crippen LogP contribution is 2.20. The summed E-state index contributed by atoms with van der Waals surface area (Å²) in [6.07, 6.45) is 0.909. The number of nitrogens with one attached hydrogen (secondary N) is 1. The number of nitrogens with zero attached hydrogens (tertiary/aromatic N) is 1. The second-order valence-electron chi connectivity index (χ2n) is 4.31. The molecule has 0 aliphatic rings. The number of methoxy groups -OCH3 is 1. The fourth-order valence-corrected chi connectivity index (χ4v) is 2.13. The summed E-state index contributed by atoms with van der Waals surface area (Å²) in [5.41, 5.74) is 1.21. The van der Waals surface area contributed by atoms with Crippen molar-refractivity contribution in [3.05, 3.63) is 29.8 Å². The van der Waals surface area contributed by atoms with E-state index in [-0.39, 0.29) is 0 Å². The van der Waals surface area contributed by atoms with Gasteiger partial charge in [0, 0.05) is 19.6 Å². The zero-order chi connectivity index (χ0) is 13.5. The van der Waals surface area contributed by atoms with Gasteiger partial charge in [-0.3, -0.25) is 0 Å². The maximum Gasteiger partial charge on any atom is 0.168 e. The highest BCUT2D eigenvalue weighted by molar-refractivity contribution is 7.80. The number of hydrogen-bond donors (Lipinski definition) is 1. The van der Waals surface area contributed by atoms with Crippen LogP contribution >= 0.6 is 12.2 Å². The molecule has 1 N–H and O–H groups in total. The molecular weight excluding hydrogens is 244 g/mol. The molecule has 1 atom stereocenters. The van der Waals surface area contributed by atoms with Crippen LogP contribution in [0.3, 0.4) is 0 Å². The van der Waals surface area contributed by atoms with Crippen LogP contribution in [-0.2, 0) is 6.42 Å². The highest BCUT2D eigenvalue weighted by Gasteiger charge is 2.14. The molecule has 3 nitrogen and oxygen atoms in total. The summed E-state index contributed by atoms with van der Waals surface area (Å²) >= 11 is 5.31. The van der Waals surface area contributed by atoms with E-state index in [1.807, 2.05) is 32.2 Å². The SMILES string of the molecule is CCNC(=S)N(C)C(C)Cc1ccccc1OC. The average molecular weight is 266 g/mol. The maximum atomic E-state index is 5.37. The molecule has 0 fully saturated rings. The minimum absolute atomic E-state index is 0.327. The molecule has 4 heteroatoms. The molecule has 0 bridgehead atoms. The molecule has 0 radical (unpaired) electrons. The van der Waals surface area contributed by atoms with Crippen LogP contribution in [0.4, 0.5) is 0 Å². The highest BCUT2D eigenvalue weighted by atomic mass is 32.1. The standard InChI is InChI=1S/C14H22N2OS/c1-5-15-14(18)16(3)11(2)10-12-8-6-7-9-13(12)17-4/h6-9,11H,5,10H2,1-4H3,(H,15,18). The minimum Gasteiger partial charge on any atom is -0.496 e. The predicted molar refractivity (Wildman–Crippen MR) is 80.2 cm³/mol. The number of rotatable bonds is 5. The fraction of sp³-hybridized carbons (Fsp3) is 0.500. The van der Waals surface area contributed by atoms with Crippen molar-refractivity contribution in [2.24, 2.45) is 0 Å². The maximum absolute atomic E-state index is 5.37. The summed E-state index contributed by atoms with van der Waals surface area (Å²) in [5.74, 6) is 0.937. The van der Waals surface area contributed by atoms with Crippen molar-refractivity contribution in [3.63, 3.8) is 0 Å². The molecule has 1 rings (SSSR count).